The fourth-order valence-corrected chi connectivity index (χ4v) is 4.07. The average Bonchev–Trinajstić information content (AvgIpc) is 3.19. The van der Waals surface area contributed by atoms with Crippen LogP contribution in [0.2, 0.25) is 5.02 Å². The highest BCUT2D eigenvalue weighted by atomic mass is 79.9. The van der Waals surface area contributed by atoms with Gasteiger partial charge in [-0.1, -0.05) is 44.8 Å². The van der Waals surface area contributed by atoms with E-state index in [2.05, 4.69) is 36.3 Å². The number of likely N-dealkylation sites (tertiary alicyclic amines) is 1. The van der Waals surface area contributed by atoms with Gasteiger partial charge in [0.05, 0.1) is 12.5 Å². The van der Waals surface area contributed by atoms with Crippen molar-refractivity contribution < 1.29 is 9.32 Å². The molecule has 0 spiro atoms. The first-order chi connectivity index (χ1) is 14.5. The number of halogens is 2. The molecule has 30 heavy (non-hydrogen) atoms. The number of aryl methyl sites for hydroxylation is 1. The summed E-state index contributed by atoms with van der Waals surface area (Å²) in [6, 6.07) is 13.2. The molecule has 8 heteroatoms. The lowest BCUT2D eigenvalue weighted by Crippen LogP contribution is -2.40. The van der Waals surface area contributed by atoms with Crippen LogP contribution in [0.15, 0.2) is 51.5 Å². The predicted molar refractivity (Wildman–Crippen MR) is 120 cm³/mol. The Bertz CT molecular complexity index is 1060. The van der Waals surface area contributed by atoms with Crippen molar-refractivity contribution in [3.8, 4) is 11.4 Å². The van der Waals surface area contributed by atoms with Gasteiger partial charge in [-0.2, -0.15) is 4.98 Å². The summed E-state index contributed by atoms with van der Waals surface area (Å²) in [5.74, 6) is 1.03. The fraction of sp³-hybridized carbons (Fsp3) is 0.318. The van der Waals surface area contributed by atoms with Gasteiger partial charge in [-0.25, -0.2) is 0 Å². The zero-order valence-electron chi connectivity index (χ0n) is 16.6. The number of nitrogens with one attached hydrogen (secondary N) is 1. The zero-order chi connectivity index (χ0) is 21.1. The molecule has 1 saturated heterocycles. The average molecular weight is 490 g/mol. The van der Waals surface area contributed by atoms with Crippen LogP contribution in [0.3, 0.4) is 0 Å². The molecule has 2 heterocycles. The first-order valence-electron chi connectivity index (χ1n) is 9.86. The molecule has 156 valence electrons. The van der Waals surface area contributed by atoms with Crippen LogP contribution in [-0.4, -0.2) is 34.0 Å². The third kappa shape index (κ3) is 5.09. The van der Waals surface area contributed by atoms with Crippen LogP contribution in [0.4, 0.5) is 5.69 Å². The Morgan fingerprint density at radius 2 is 2.20 bits per heavy atom. The molecule has 0 radical (unpaired) electrons. The number of hydrogen-bond donors (Lipinski definition) is 1. The topological polar surface area (TPSA) is 71.3 Å². The Labute approximate surface area is 188 Å². The maximum atomic E-state index is 12.8. The molecular formula is C22H22BrClN4O2. The van der Waals surface area contributed by atoms with E-state index < -0.39 is 0 Å². The molecule has 0 bridgehead atoms. The van der Waals surface area contributed by atoms with E-state index in [1.165, 1.54) is 0 Å². The lowest BCUT2D eigenvalue weighted by molar-refractivity contribution is -0.121. The van der Waals surface area contributed by atoms with Crippen molar-refractivity contribution in [1.82, 2.24) is 15.0 Å². The summed E-state index contributed by atoms with van der Waals surface area (Å²) in [6.07, 6.45) is 1.82. The minimum atomic E-state index is -0.0713. The zero-order valence-corrected chi connectivity index (χ0v) is 18.9. The van der Waals surface area contributed by atoms with E-state index in [0.717, 1.165) is 40.7 Å². The Morgan fingerprint density at radius 3 is 3.00 bits per heavy atom. The quantitative estimate of drug-likeness (QED) is 0.526. The molecule has 1 fully saturated rings. The monoisotopic (exact) mass is 488 g/mol. The summed E-state index contributed by atoms with van der Waals surface area (Å²) in [5.41, 5.74) is 2.73. The molecule has 1 unspecified atom stereocenters. The van der Waals surface area contributed by atoms with Crippen molar-refractivity contribution in [1.29, 1.82) is 0 Å². The molecule has 1 aromatic heterocycles. The second-order valence-corrected chi connectivity index (χ2v) is 8.84. The molecule has 3 aromatic rings. The Balaban J connectivity index is 1.37. The maximum Gasteiger partial charge on any atom is 0.241 e. The Hall–Kier alpha value is -2.22. The van der Waals surface area contributed by atoms with Gasteiger partial charge in [0.15, 0.2) is 0 Å². The van der Waals surface area contributed by atoms with Crippen molar-refractivity contribution >= 4 is 39.1 Å². The third-order valence-electron chi connectivity index (χ3n) is 5.21. The van der Waals surface area contributed by atoms with Crippen molar-refractivity contribution in [2.75, 3.05) is 18.4 Å². The van der Waals surface area contributed by atoms with E-state index in [1.54, 1.807) is 12.1 Å². The molecular weight excluding hydrogens is 468 g/mol. The molecule has 6 nitrogen and oxygen atoms in total. The predicted octanol–water partition coefficient (Wildman–Crippen LogP) is 5.31. The lowest BCUT2D eigenvalue weighted by atomic mass is 9.97. The van der Waals surface area contributed by atoms with Gasteiger partial charge in [0.1, 0.15) is 0 Å². The molecule has 2 aromatic carbocycles. The van der Waals surface area contributed by atoms with E-state index in [0.29, 0.717) is 29.8 Å². The van der Waals surface area contributed by atoms with E-state index in [9.17, 15) is 4.79 Å². The first kappa shape index (κ1) is 21.0. The highest BCUT2D eigenvalue weighted by Gasteiger charge is 2.27. The molecule has 0 saturated carbocycles. The van der Waals surface area contributed by atoms with Crippen LogP contribution >= 0.6 is 27.5 Å². The summed E-state index contributed by atoms with van der Waals surface area (Å²) in [7, 11) is 0. The molecule has 1 atom stereocenters. The Morgan fingerprint density at radius 1 is 1.33 bits per heavy atom. The van der Waals surface area contributed by atoms with Crippen molar-refractivity contribution in [3.63, 3.8) is 0 Å². The molecule has 0 aliphatic carbocycles. The van der Waals surface area contributed by atoms with Crippen LogP contribution in [0.5, 0.6) is 0 Å². The number of aromatic nitrogens is 2. The normalized spacial score (nSPS) is 17.1. The maximum absolute atomic E-state index is 12.8. The van der Waals surface area contributed by atoms with Gasteiger partial charge < -0.3 is 9.84 Å². The van der Waals surface area contributed by atoms with Crippen LogP contribution in [0, 0.1) is 12.8 Å². The summed E-state index contributed by atoms with van der Waals surface area (Å²) >= 11 is 9.53. The number of anilines is 1. The Kier molecular flexibility index (Phi) is 6.51. The number of benzene rings is 2. The van der Waals surface area contributed by atoms with Gasteiger partial charge in [-0.3, -0.25) is 9.69 Å². The van der Waals surface area contributed by atoms with E-state index >= 15 is 0 Å². The number of amides is 1. The summed E-state index contributed by atoms with van der Waals surface area (Å²) in [6.45, 7) is 4.09. The van der Waals surface area contributed by atoms with Crippen LogP contribution in [0.25, 0.3) is 11.4 Å². The highest BCUT2D eigenvalue weighted by molar-refractivity contribution is 9.10. The smallest absolute Gasteiger partial charge is 0.241 e. The SMILES string of the molecule is Cc1cc(NC(=O)C2CCCN(Cc3nc(-c4cccc(Cl)c4)no3)C2)ccc1Br. The minimum absolute atomic E-state index is 0.0477. The van der Waals surface area contributed by atoms with Crippen LogP contribution in [0.1, 0.15) is 24.3 Å². The van der Waals surface area contributed by atoms with Crippen LogP contribution in [-0.2, 0) is 11.3 Å². The van der Waals surface area contributed by atoms with E-state index in [-0.39, 0.29) is 11.8 Å². The van der Waals surface area contributed by atoms with Gasteiger partial charge in [0, 0.05) is 27.3 Å². The largest absolute Gasteiger partial charge is 0.338 e. The number of carbonyl (C=O) groups is 1. The molecule has 4 rings (SSSR count). The second-order valence-electron chi connectivity index (χ2n) is 7.55. The summed E-state index contributed by atoms with van der Waals surface area (Å²) < 4.78 is 6.46. The van der Waals surface area contributed by atoms with Gasteiger partial charge in [-0.05, 0) is 62.2 Å². The minimum Gasteiger partial charge on any atom is -0.338 e. The number of piperidine rings is 1. The van der Waals surface area contributed by atoms with Crippen molar-refractivity contribution in [2.45, 2.75) is 26.3 Å². The molecule has 1 aliphatic rings. The van der Waals surface area contributed by atoms with Gasteiger partial charge in [-0.15, -0.1) is 0 Å². The summed E-state index contributed by atoms with van der Waals surface area (Å²) in [5, 5.41) is 7.74. The highest BCUT2D eigenvalue weighted by Crippen LogP contribution is 2.24. The third-order valence-corrected chi connectivity index (χ3v) is 6.34. The van der Waals surface area contributed by atoms with E-state index in [1.807, 2.05) is 37.3 Å². The van der Waals surface area contributed by atoms with Crippen LogP contribution < -0.4 is 5.32 Å². The van der Waals surface area contributed by atoms with Crippen molar-refractivity contribution in [3.05, 3.63) is 63.4 Å². The number of rotatable bonds is 5. The number of hydrogen-bond acceptors (Lipinski definition) is 5. The fourth-order valence-electron chi connectivity index (χ4n) is 3.64. The van der Waals surface area contributed by atoms with Gasteiger partial charge in [0.25, 0.3) is 0 Å². The summed E-state index contributed by atoms with van der Waals surface area (Å²) in [4.78, 5) is 19.4. The van der Waals surface area contributed by atoms with Crippen molar-refractivity contribution in [2.24, 2.45) is 5.92 Å². The molecule has 1 N–H and O–H groups in total. The van der Waals surface area contributed by atoms with E-state index in [4.69, 9.17) is 16.1 Å². The standard InChI is InChI=1S/C22H22BrClN4O2/c1-14-10-18(7-8-19(14)23)25-22(29)16-5-3-9-28(12-16)13-20-26-21(27-30-20)15-4-2-6-17(24)11-15/h2,4,6-8,10-11,16H,3,5,9,12-13H2,1H3,(H,25,29). The van der Waals surface area contributed by atoms with Gasteiger partial charge >= 0.3 is 0 Å². The molecule has 1 aliphatic heterocycles. The van der Waals surface area contributed by atoms with Gasteiger partial charge in [0.2, 0.25) is 17.6 Å². The molecule has 1 amide bonds. The number of nitrogens with zero attached hydrogens (tertiary/aromatic N) is 3. The lowest BCUT2D eigenvalue weighted by Gasteiger charge is -2.30. The number of carbonyl (C=O) groups excluding carboxylic acids is 1. The first-order valence-corrected chi connectivity index (χ1v) is 11.0. The second kappa shape index (κ2) is 9.29.